The van der Waals surface area contributed by atoms with Crippen LogP contribution in [0.4, 0.5) is 0 Å². The quantitative estimate of drug-likeness (QED) is 0.343. The SMILES string of the molecule is O=C(CCCOc1ccc(Cl)cc1Cl)NNC(=O)c1cn[nH]c1-c1ccc2c(c1)OCCO2. The number of nitrogens with zero attached hydrogens (tertiary/aromatic N) is 1. The summed E-state index contributed by atoms with van der Waals surface area (Å²) in [5.41, 5.74) is 6.26. The van der Waals surface area contributed by atoms with Gasteiger partial charge in [0, 0.05) is 17.0 Å². The Morgan fingerprint density at radius 2 is 1.88 bits per heavy atom. The molecule has 9 nitrogen and oxygen atoms in total. The van der Waals surface area contributed by atoms with Gasteiger partial charge in [0.25, 0.3) is 5.91 Å². The van der Waals surface area contributed by atoms with E-state index < -0.39 is 5.91 Å². The molecule has 2 heterocycles. The zero-order chi connectivity index (χ0) is 23.2. The summed E-state index contributed by atoms with van der Waals surface area (Å²) in [4.78, 5) is 24.7. The highest BCUT2D eigenvalue weighted by Gasteiger charge is 2.19. The molecule has 1 aromatic heterocycles. The number of carbonyl (C=O) groups is 2. The highest BCUT2D eigenvalue weighted by Crippen LogP contribution is 2.34. The highest BCUT2D eigenvalue weighted by atomic mass is 35.5. The highest BCUT2D eigenvalue weighted by molar-refractivity contribution is 6.35. The number of hydrogen-bond acceptors (Lipinski definition) is 6. The second-order valence-electron chi connectivity index (χ2n) is 7.05. The topological polar surface area (TPSA) is 115 Å². The van der Waals surface area contributed by atoms with Gasteiger partial charge < -0.3 is 14.2 Å². The average Bonchev–Trinajstić information content (AvgIpc) is 3.31. The smallest absolute Gasteiger partial charge is 0.273 e. The van der Waals surface area contributed by atoms with Gasteiger partial charge in [0.05, 0.1) is 29.1 Å². The van der Waals surface area contributed by atoms with E-state index in [1.54, 1.807) is 36.4 Å². The molecule has 172 valence electrons. The van der Waals surface area contributed by atoms with Gasteiger partial charge in [0.15, 0.2) is 11.5 Å². The number of nitrogens with one attached hydrogen (secondary N) is 3. The van der Waals surface area contributed by atoms with E-state index in [-0.39, 0.29) is 24.5 Å². The third-order valence-corrected chi connectivity index (χ3v) is 5.26. The number of hydrazine groups is 1. The Hall–Kier alpha value is -3.43. The molecular weight excluding hydrogens is 471 g/mol. The van der Waals surface area contributed by atoms with Crippen LogP contribution in [-0.2, 0) is 4.79 Å². The number of ether oxygens (including phenoxy) is 3. The van der Waals surface area contributed by atoms with Crippen molar-refractivity contribution in [2.24, 2.45) is 0 Å². The molecular formula is C22H20Cl2N4O5. The maximum absolute atomic E-state index is 12.6. The van der Waals surface area contributed by atoms with Gasteiger partial charge in [-0.05, 0) is 42.8 Å². The molecule has 0 bridgehead atoms. The standard InChI is InChI=1S/C22H20Cl2N4O5/c23-14-4-6-17(16(24)11-14)31-7-1-2-20(29)26-28-22(30)15-12-25-27-21(15)13-3-5-18-19(10-13)33-9-8-32-18/h3-6,10-12H,1-2,7-9H2,(H,25,27)(H,26,29)(H,28,30). The zero-order valence-electron chi connectivity index (χ0n) is 17.3. The Bertz CT molecular complexity index is 1170. The predicted molar refractivity (Wildman–Crippen MR) is 122 cm³/mol. The third-order valence-electron chi connectivity index (χ3n) is 4.73. The number of benzene rings is 2. The number of hydrogen-bond donors (Lipinski definition) is 3. The molecule has 0 saturated heterocycles. The molecule has 1 aliphatic rings. The molecule has 2 aromatic carbocycles. The summed E-state index contributed by atoms with van der Waals surface area (Å²) >= 11 is 11.9. The summed E-state index contributed by atoms with van der Waals surface area (Å²) < 4.78 is 16.6. The number of halogens is 2. The summed E-state index contributed by atoms with van der Waals surface area (Å²) in [5, 5.41) is 7.67. The fraction of sp³-hybridized carbons (Fsp3) is 0.227. The number of fused-ring (bicyclic) bond motifs is 1. The molecule has 3 aromatic rings. The van der Waals surface area contributed by atoms with Gasteiger partial charge in [-0.3, -0.25) is 25.5 Å². The predicted octanol–water partition coefficient (Wildman–Crippen LogP) is 3.77. The maximum atomic E-state index is 12.6. The lowest BCUT2D eigenvalue weighted by molar-refractivity contribution is -0.122. The van der Waals surface area contributed by atoms with Crippen molar-refractivity contribution in [3.63, 3.8) is 0 Å². The molecule has 0 unspecified atom stereocenters. The first-order chi connectivity index (χ1) is 16.0. The van der Waals surface area contributed by atoms with Gasteiger partial charge in [-0.15, -0.1) is 0 Å². The van der Waals surface area contributed by atoms with Crippen molar-refractivity contribution < 1.29 is 23.8 Å². The molecule has 3 N–H and O–H groups in total. The average molecular weight is 491 g/mol. The molecule has 33 heavy (non-hydrogen) atoms. The van der Waals surface area contributed by atoms with Crippen molar-refractivity contribution in [1.29, 1.82) is 0 Å². The van der Waals surface area contributed by atoms with Gasteiger partial charge in [-0.1, -0.05) is 23.2 Å². The minimum atomic E-state index is -0.508. The number of aromatic nitrogens is 2. The molecule has 0 fully saturated rings. The molecule has 0 spiro atoms. The largest absolute Gasteiger partial charge is 0.492 e. The zero-order valence-corrected chi connectivity index (χ0v) is 18.8. The maximum Gasteiger partial charge on any atom is 0.273 e. The van der Waals surface area contributed by atoms with E-state index in [0.717, 1.165) is 0 Å². The number of amides is 2. The van der Waals surface area contributed by atoms with Crippen LogP contribution in [0.15, 0.2) is 42.6 Å². The summed E-state index contributed by atoms with van der Waals surface area (Å²) in [6.07, 6.45) is 1.96. The second kappa shape index (κ2) is 10.5. The Morgan fingerprint density at radius 1 is 1.06 bits per heavy atom. The molecule has 0 aliphatic carbocycles. The van der Waals surface area contributed by atoms with Crippen molar-refractivity contribution in [3.05, 3.63) is 58.2 Å². The van der Waals surface area contributed by atoms with E-state index in [0.29, 0.717) is 58.2 Å². The molecule has 0 radical (unpaired) electrons. The third kappa shape index (κ3) is 5.68. The number of H-pyrrole nitrogens is 1. The monoisotopic (exact) mass is 490 g/mol. The molecule has 0 atom stereocenters. The first kappa shape index (κ1) is 22.8. The Labute approximate surface area is 199 Å². The molecule has 4 rings (SSSR count). The molecule has 2 amide bonds. The van der Waals surface area contributed by atoms with Gasteiger partial charge in [0.2, 0.25) is 5.91 Å². The van der Waals surface area contributed by atoms with Crippen molar-refractivity contribution in [2.45, 2.75) is 12.8 Å². The Kier molecular flexibility index (Phi) is 7.21. The van der Waals surface area contributed by atoms with E-state index in [4.69, 9.17) is 37.4 Å². The van der Waals surface area contributed by atoms with Crippen LogP contribution in [0.3, 0.4) is 0 Å². The number of carbonyl (C=O) groups excluding carboxylic acids is 2. The minimum Gasteiger partial charge on any atom is -0.492 e. The molecule has 0 saturated carbocycles. The second-order valence-corrected chi connectivity index (χ2v) is 7.89. The summed E-state index contributed by atoms with van der Waals surface area (Å²) in [6.45, 7) is 1.22. The summed E-state index contributed by atoms with van der Waals surface area (Å²) in [7, 11) is 0. The van der Waals surface area contributed by atoms with Gasteiger partial charge >= 0.3 is 0 Å². The van der Waals surface area contributed by atoms with Crippen LogP contribution in [0.1, 0.15) is 23.2 Å². The van der Waals surface area contributed by atoms with Gasteiger partial charge in [-0.2, -0.15) is 5.10 Å². The van der Waals surface area contributed by atoms with Crippen molar-refractivity contribution in [1.82, 2.24) is 21.0 Å². The van der Waals surface area contributed by atoms with Crippen LogP contribution >= 0.6 is 23.2 Å². The van der Waals surface area contributed by atoms with Crippen LogP contribution < -0.4 is 25.1 Å². The Morgan fingerprint density at radius 3 is 2.70 bits per heavy atom. The van der Waals surface area contributed by atoms with Crippen LogP contribution in [-0.4, -0.2) is 41.8 Å². The molecule has 11 heteroatoms. The Balaban J connectivity index is 1.26. The first-order valence-corrected chi connectivity index (χ1v) is 10.9. The minimum absolute atomic E-state index is 0.145. The number of aromatic amines is 1. The van der Waals surface area contributed by atoms with Crippen LogP contribution in [0, 0.1) is 0 Å². The van der Waals surface area contributed by atoms with Crippen molar-refractivity contribution in [2.75, 3.05) is 19.8 Å². The lowest BCUT2D eigenvalue weighted by Gasteiger charge is -2.18. The lowest BCUT2D eigenvalue weighted by Crippen LogP contribution is -2.41. The van der Waals surface area contributed by atoms with Crippen LogP contribution in [0.5, 0.6) is 17.2 Å². The van der Waals surface area contributed by atoms with Crippen molar-refractivity contribution >= 4 is 35.0 Å². The van der Waals surface area contributed by atoms with E-state index in [1.165, 1.54) is 6.20 Å². The van der Waals surface area contributed by atoms with E-state index >= 15 is 0 Å². The van der Waals surface area contributed by atoms with E-state index in [1.807, 2.05) is 0 Å². The van der Waals surface area contributed by atoms with Gasteiger partial charge in [-0.25, -0.2) is 0 Å². The van der Waals surface area contributed by atoms with Crippen LogP contribution in [0.25, 0.3) is 11.3 Å². The summed E-state index contributed by atoms with van der Waals surface area (Å²) in [6, 6.07) is 10.2. The summed E-state index contributed by atoms with van der Waals surface area (Å²) in [5.74, 6) is 0.853. The number of rotatable bonds is 7. The first-order valence-electron chi connectivity index (χ1n) is 10.1. The van der Waals surface area contributed by atoms with E-state index in [9.17, 15) is 9.59 Å². The van der Waals surface area contributed by atoms with Gasteiger partial charge in [0.1, 0.15) is 19.0 Å². The van der Waals surface area contributed by atoms with E-state index in [2.05, 4.69) is 21.0 Å². The lowest BCUT2D eigenvalue weighted by atomic mass is 10.1. The molecule has 1 aliphatic heterocycles. The fourth-order valence-electron chi connectivity index (χ4n) is 3.14. The normalized spacial score (nSPS) is 12.2. The fourth-order valence-corrected chi connectivity index (χ4v) is 3.60. The van der Waals surface area contributed by atoms with Crippen LogP contribution in [0.2, 0.25) is 10.0 Å². The van der Waals surface area contributed by atoms with Crippen molar-refractivity contribution in [3.8, 4) is 28.5 Å².